The highest BCUT2D eigenvalue weighted by atomic mass is 15.1. The van der Waals surface area contributed by atoms with E-state index >= 15 is 0 Å². The Morgan fingerprint density at radius 1 is 0.235 bits per heavy atom. The molecule has 0 unspecified atom stereocenters. The van der Waals surface area contributed by atoms with Crippen molar-refractivity contribution >= 4 is 71.2 Å². The van der Waals surface area contributed by atoms with Crippen LogP contribution in [0.1, 0.15) is 0 Å². The summed E-state index contributed by atoms with van der Waals surface area (Å²) in [7, 11) is 0. The first-order chi connectivity index (χ1) is 33.7. The second kappa shape index (κ2) is 16.5. The van der Waals surface area contributed by atoms with Crippen molar-refractivity contribution in [2.45, 2.75) is 0 Å². The minimum Gasteiger partial charge on any atom is -0.311 e. The second-order valence-electron chi connectivity index (χ2n) is 17.7. The van der Waals surface area contributed by atoms with E-state index < -0.39 is 0 Å². The van der Waals surface area contributed by atoms with Crippen LogP contribution in [0.25, 0.3) is 104 Å². The van der Waals surface area contributed by atoms with E-state index in [1.54, 1.807) is 0 Å². The fourth-order valence-corrected chi connectivity index (χ4v) is 10.6. The zero-order chi connectivity index (χ0) is 45.0. The SMILES string of the molecule is c1ccc(-c2c3ccccc3c(-c3ccc(-n4c5ccc(-c6ccc(N(c7ccccc7)c7ccccc7)cc6)cc5c5cc(-c6ccc7ccccc7c6)ccc54)cc3)c3ccccc23)cc1. The molecular weight excluding hydrogens is 821 g/mol. The molecule has 0 aliphatic heterocycles. The average molecular weight is 865 g/mol. The van der Waals surface area contributed by atoms with Gasteiger partial charge in [-0.2, -0.15) is 0 Å². The Bertz CT molecular complexity index is 3890. The molecule has 1 heterocycles. The highest BCUT2D eigenvalue weighted by molar-refractivity contribution is 6.21. The molecule has 0 fully saturated rings. The van der Waals surface area contributed by atoms with Gasteiger partial charge in [-0.15, -0.1) is 0 Å². The number of hydrogen-bond acceptors (Lipinski definition) is 1. The van der Waals surface area contributed by atoms with Gasteiger partial charge in [0.25, 0.3) is 0 Å². The van der Waals surface area contributed by atoms with E-state index in [1.807, 2.05) is 0 Å². The fourth-order valence-electron chi connectivity index (χ4n) is 10.6. The molecule has 0 bridgehead atoms. The summed E-state index contributed by atoms with van der Waals surface area (Å²) in [6.07, 6.45) is 0. The Labute approximate surface area is 395 Å². The summed E-state index contributed by atoms with van der Waals surface area (Å²) in [6.45, 7) is 0. The van der Waals surface area contributed by atoms with Gasteiger partial charge in [0, 0.05) is 33.5 Å². The van der Waals surface area contributed by atoms with Crippen molar-refractivity contribution in [2.75, 3.05) is 4.90 Å². The summed E-state index contributed by atoms with van der Waals surface area (Å²) in [6, 6.07) is 97.4. The van der Waals surface area contributed by atoms with Crippen LogP contribution in [0.5, 0.6) is 0 Å². The monoisotopic (exact) mass is 864 g/mol. The lowest BCUT2D eigenvalue weighted by Gasteiger charge is -2.25. The van der Waals surface area contributed by atoms with E-state index in [0.29, 0.717) is 0 Å². The lowest BCUT2D eigenvalue weighted by atomic mass is 9.86. The summed E-state index contributed by atoms with van der Waals surface area (Å²) < 4.78 is 2.44. The number of anilines is 3. The number of rotatable bonds is 8. The van der Waals surface area contributed by atoms with E-state index in [0.717, 1.165) is 22.7 Å². The van der Waals surface area contributed by atoms with E-state index in [4.69, 9.17) is 0 Å². The van der Waals surface area contributed by atoms with Gasteiger partial charge in [-0.3, -0.25) is 0 Å². The van der Waals surface area contributed by atoms with E-state index in [2.05, 4.69) is 276 Å². The summed E-state index contributed by atoms with van der Waals surface area (Å²) >= 11 is 0. The maximum absolute atomic E-state index is 2.44. The summed E-state index contributed by atoms with van der Waals surface area (Å²) in [5, 5.41) is 9.96. The van der Waals surface area contributed by atoms with Crippen molar-refractivity contribution < 1.29 is 0 Å². The molecule has 0 N–H and O–H groups in total. The van der Waals surface area contributed by atoms with Crippen molar-refractivity contribution in [1.82, 2.24) is 4.57 Å². The van der Waals surface area contributed by atoms with Crippen LogP contribution in [0.15, 0.2) is 267 Å². The van der Waals surface area contributed by atoms with Crippen LogP contribution < -0.4 is 4.90 Å². The third kappa shape index (κ3) is 6.73. The van der Waals surface area contributed by atoms with E-state index in [1.165, 1.54) is 98.6 Å². The third-order valence-electron chi connectivity index (χ3n) is 13.7. The highest BCUT2D eigenvalue weighted by Crippen LogP contribution is 2.45. The van der Waals surface area contributed by atoms with Gasteiger partial charge in [0.1, 0.15) is 0 Å². The molecule has 0 saturated carbocycles. The maximum atomic E-state index is 2.44. The van der Waals surface area contributed by atoms with Gasteiger partial charge in [-0.1, -0.05) is 188 Å². The summed E-state index contributed by atoms with van der Waals surface area (Å²) in [5.74, 6) is 0. The number of hydrogen-bond donors (Lipinski definition) is 0. The van der Waals surface area contributed by atoms with Gasteiger partial charge in [-0.25, -0.2) is 0 Å². The van der Waals surface area contributed by atoms with Gasteiger partial charge >= 0.3 is 0 Å². The number of benzene rings is 12. The topological polar surface area (TPSA) is 8.17 Å². The molecule has 0 aliphatic rings. The Balaban J connectivity index is 0.951. The first kappa shape index (κ1) is 39.4. The fraction of sp³-hybridized carbons (Fsp3) is 0. The van der Waals surface area contributed by atoms with Crippen molar-refractivity contribution in [1.29, 1.82) is 0 Å². The quantitative estimate of drug-likeness (QED) is 0.138. The van der Waals surface area contributed by atoms with Crippen molar-refractivity contribution in [2.24, 2.45) is 0 Å². The highest BCUT2D eigenvalue weighted by Gasteiger charge is 2.19. The molecule has 13 aromatic rings. The molecule has 0 atom stereocenters. The molecule has 68 heavy (non-hydrogen) atoms. The normalized spacial score (nSPS) is 11.5. The molecule has 1 aromatic heterocycles. The predicted octanol–water partition coefficient (Wildman–Crippen LogP) is 18.4. The Kier molecular flexibility index (Phi) is 9.54. The molecule has 0 amide bonds. The van der Waals surface area contributed by atoms with Crippen LogP contribution in [-0.2, 0) is 0 Å². The van der Waals surface area contributed by atoms with Crippen LogP contribution in [0.2, 0.25) is 0 Å². The van der Waals surface area contributed by atoms with Crippen molar-refractivity contribution in [3.05, 3.63) is 267 Å². The molecule has 0 aliphatic carbocycles. The third-order valence-corrected chi connectivity index (χ3v) is 13.7. The first-order valence-corrected chi connectivity index (χ1v) is 23.4. The van der Waals surface area contributed by atoms with E-state index in [9.17, 15) is 0 Å². The van der Waals surface area contributed by atoms with Gasteiger partial charge in [0.05, 0.1) is 11.0 Å². The van der Waals surface area contributed by atoms with Crippen molar-refractivity contribution in [3.63, 3.8) is 0 Å². The van der Waals surface area contributed by atoms with Gasteiger partial charge in [0.15, 0.2) is 0 Å². The van der Waals surface area contributed by atoms with Gasteiger partial charge in [-0.05, 0) is 156 Å². The van der Waals surface area contributed by atoms with Gasteiger partial charge in [0.2, 0.25) is 0 Å². The molecule has 0 saturated heterocycles. The minimum atomic E-state index is 1.11. The largest absolute Gasteiger partial charge is 0.311 e. The zero-order valence-electron chi connectivity index (χ0n) is 37.3. The van der Waals surface area contributed by atoms with Gasteiger partial charge < -0.3 is 9.47 Å². The van der Waals surface area contributed by atoms with Crippen LogP contribution in [0.3, 0.4) is 0 Å². The molecule has 0 spiro atoms. The molecular formula is C66H44N2. The molecule has 0 radical (unpaired) electrons. The Hall–Kier alpha value is -8.98. The number of nitrogens with zero attached hydrogens (tertiary/aromatic N) is 2. The van der Waals surface area contributed by atoms with Crippen LogP contribution >= 0.6 is 0 Å². The standard InChI is InChI=1S/C66H44N2/c1-4-17-47(18-5-1)65-57-24-12-14-26-59(57)66(60-27-15-13-25-58(60)65)48-32-38-56(39-33-48)68-63-40-34-51(46-30-36-55(37-31-46)67(53-20-6-2-7-21-53)54-22-8-3-9-23-54)43-61(63)62-44-52(35-41-64(62)68)50-29-28-45-16-10-11-19-49(45)42-50/h1-44H. The lowest BCUT2D eigenvalue weighted by molar-refractivity contribution is 1.18. The van der Waals surface area contributed by atoms with Crippen LogP contribution in [0.4, 0.5) is 17.1 Å². The van der Waals surface area contributed by atoms with E-state index in [-0.39, 0.29) is 0 Å². The number of para-hydroxylation sites is 2. The van der Waals surface area contributed by atoms with Crippen LogP contribution in [0, 0.1) is 0 Å². The molecule has 2 heteroatoms. The second-order valence-corrected chi connectivity index (χ2v) is 17.7. The van der Waals surface area contributed by atoms with Crippen LogP contribution in [-0.4, -0.2) is 4.57 Å². The smallest absolute Gasteiger partial charge is 0.0541 e. The molecule has 318 valence electrons. The minimum absolute atomic E-state index is 1.11. The maximum Gasteiger partial charge on any atom is 0.0541 e. The number of fused-ring (bicyclic) bond motifs is 6. The zero-order valence-corrected chi connectivity index (χ0v) is 37.3. The average Bonchev–Trinajstić information content (AvgIpc) is 3.74. The van der Waals surface area contributed by atoms with Crippen molar-refractivity contribution in [3.8, 4) is 50.2 Å². The number of aromatic nitrogens is 1. The molecule has 13 rings (SSSR count). The predicted molar refractivity (Wildman–Crippen MR) is 290 cm³/mol. The first-order valence-electron chi connectivity index (χ1n) is 23.4. The summed E-state index contributed by atoms with van der Waals surface area (Å²) in [5.41, 5.74) is 16.6. The molecule has 12 aromatic carbocycles. The Morgan fingerprint density at radius 2 is 0.618 bits per heavy atom. The Morgan fingerprint density at radius 3 is 1.16 bits per heavy atom. The lowest BCUT2D eigenvalue weighted by Crippen LogP contribution is -2.09. The summed E-state index contributed by atoms with van der Waals surface area (Å²) in [4.78, 5) is 2.31. The molecule has 2 nitrogen and oxygen atoms in total.